The molecule has 4 heterocycles. The molecule has 0 unspecified atom stereocenters. The van der Waals surface area contributed by atoms with Crippen LogP contribution in [-0.2, 0) is 11.4 Å². The summed E-state index contributed by atoms with van der Waals surface area (Å²) < 4.78 is 0. The Morgan fingerprint density at radius 3 is 3.00 bits per heavy atom. The van der Waals surface area contributed by atoms with E-state index >= 15 is 0 Å². The van der Waals surface area contributed by atoms with Gasteiger partial charge in [-0.3, -0.25) is 9.78 Å². The number of aromatic nitrogens is 3. The van der Waals surface area contributed by atoms with Crippen LogP contribution >= 0.6 is 0 Å². The van der Waals surface area contributed by atoms with Crippen LogP contribution in [0.5, 0.6) is 0 Å². The molecule has 3 aromatic rings. The molecular weight excluding hydrogens is 366 g/mol. The Bertz CT molecular complexity index is 1020. The smallest absolute Gasteiger partial charge is 0.222 e. The van der Waals surface area contributed by atoms with Gasteiger partial charge < -0.3 is 20.3 Å². The minimum Gasteiger partial charge on any atom is -0.392 e. The van der Waals surface area contributed by atoms with E-state index in [-0.39, 0.29) is 18.6 Å². The van der Waals surface area contributed by atoms with E-state index in [0.717, 1.165) is 46.5 Å². The summed E-state index contributed by atoms with van der Waals surface area (Å²) in [5.41, 5.74) is 4.22. The van der Waals surface area contributed by atoms with E-state index < -0.39 is 0 Å². The average molecular weight is 393 g/mol. The Kier molecular flexibility index (Phi) is 5.49. The zero-order chi connectivity index (χ0) is 20.4. The monoisotopic (exact) mass is 393 g/mol. The fourth-order valence-corrected chi connectivity index (χ4v) is 4.17. The number of carbonyl (C=O) groups excluding carboxylic acids is 1. The molecule has 0 spiro atoms. The second kappa shape index (κ2) is 8.21. The van der Waals surface area contributed by atoms with Crippen molar-refractivity contribution in [3.8, 4) is 11.3 Å². The standard InChI is InChI=1S/C22H27N5O2/c1-3-20(29)27-11-14(2)8-16(12-27)26-21-17-5-7-24-22(17)25-10-18(21)19-9-15(13-28)4-6-23-19/h4-7,9-10,14,16,28H,3,8,11-13H2,1-2H3,(H2,24,25,26)/t14-,16+/m0/s1. The third-order valence-electron chi connectivity index (χ3n) is 5.53. The molecule has 0 radical (unpaired) electrons. The molecule has 29 heavy (non-hydrogen) atoms. The highest BCUT2D eigenvalue weighted by atomic mass is 16.3. The molecule has 1 saturated heterocycles. The first kappa shape index (κ1) is 19.4. The molecule has 7 nitrogen and oxygen atoms in total. The third-order valence-corrected chi connectivity index (χ3v) is 5.53. The average Bonchev–Trinajstić information content (AvgIpc) is 3.22. The Morgan fingerprint density at radius 2 is 2.21 bits per heavy atom. The van der Waals surface area contributed by atoms with Gasteiger partial charge >= 0.3 is 0 Å². The van der Waals surface area contributed by atoms with Gasteiger partial charge in [-0.05, 0) is 36.1 Å². The van der Waals surface area contributed by atoms with Gasteiger partial charge in [-0.1, -0.05) is 13.8 Å². The quantitative estimate of drug-likeness (QED) is 0.619. The van der Waals surface area contributed by atoms with E-state index in [1.165, 1.54) is 0 Å². The van der Waals surface area contributed by atoms with Crippen molar-refractivity contribution in [3.05, 3.63) is 42.4 Å². The van der Waals surface area contributed by atoms with E-state index in [9.17, 15) is 9.90 Å². The van der Waals surface area contributed by atoms with E-state index in [1.54, 1.807) is 12.3 Å². The maximum Gasteiger partial charge on any atom is 0.222 e. The Labute approximate surface area is 170 Å². The van der Waals surface area contributed by atoms with Gasteiger partial charge in [0.1, 0.15) is 5.65 Å². The highest BCUT2D eigenvalue weighted by Gasteiger charge is 2.28. The number of pyridine rings is 2. The zero-order valence-corrected chi connectivity index (χ0v) is 16.9. The van der Waals surface area contributed by atoms with Gasteiger partial charge in [0.05, 0.1) is 18.0 Å². The van der Waals surface area contributed by atoms with Crippen LogP contribution in [0.25, 0.3) is 22.3 Å². The summed E-state index contributed by atoms with van der Waals surface area (Å²) in [7, 11) is 0. The first-order valence-electron chi connectivity index (χ1n) is 10.2. The van der Waals surface area contributed by atoms with E-state index in [4.69, 9.17) is 0 Å². The molecule has 3 N–H and O–H groups in total. The molecule has 1 aliphatic heterocycles. The van der Waals surface area contributed by atoms with E-state index in [2.05, 4.69) is 27.2 Å². The predicted octanol–water partition coefficient (Wildman–Crippen LogP) is 3.18. The van der Waals surface area contributed by atoms with Crippen molar-refractivity contribution in [3.63, 3.8) is 0 Å². The molecular formula is C22H27N5O2. The molecule has 1 aliphatic rings. The number of nitrogens with one attached hydrogen (secondary N) is 2. The van der Waals surface area contributed by atoms with Gasteiger partial charge in [0, 0.05) is 55.1 Å². The number of aromatic amines is 1. The lowest BCUT2D eigenvalue weighted by Crippen LogP contribution is -2.48. The number of piperidine rings is 1. The number of carbonyl (C=O) groups is 1. The molecule has 3 aromatic heterocycles. The molecule has 1 amide bonds. The Balaban J connectivity index is 1.72. The molecule has 2 atom stereocenters. The zero-order valence-electron chi connectivity index (χ0n) is 16.9. The van der Waals surface area contributed by atoms with Gasteiger partial charge in [0.25, 0.3) is 0 Å². The van der Waals surface area contributed by atoms with Gasteiger partial charge in [-0.25, -0.2) is 4.98 Å². The predicted molar refractivity (Wildman–Crippen MR) is 113 cm³/mol. The number of rotatable bonds is 5. The number of amides is 1. The lowest BCUT2D eigenvalue weighted by atomic mass is 9.94. The van der Waals surface area contributed by atoms with Gasteiger partial charge in [-0.2, -0.15) is 0 Å². The highest BCUT2D eigenvalue weighted by Crippen LogP contribution is 2.34. The number of likely N-dealkylation sites (tertiary alicyclic amines) is 1. The SMILES string of the molecule is CCC(=O)N1C[C@@H](C)C[C@@H](Nc2c(-c3cc(CO)ccn3)cnc3[nH]ccc23)C1. The molecule has 0 aromatic carbocycles. The number of fused-ring (bicyclic) bond motifs is 1. The van der Waals surface area contributed by atoms with Crippen LogP contribution in [0.4, 0.5) is 5.69 Å². The molecule has 1 fully saturated rings. The summed E-state index contributed by atoms with van der Waals surface area (Å²) in [5, 5.41) is 14.2. The van der Waals surface area contributed by atoms with Gasteiger partial charge in [-0.15, -0.1) is 0 Å². The van der Waals surface area contributed by atoms with Crippen molar-refractivity contribution in [1.82, 2.24) is 19.9 Å². The Hall–Kier alpha value is -2.93. The summed E-state index contributed by atoms with van der Waals surface area (Å²) in [6.45, 7) is 5.57. The third kappa shape index (κ3) is 3.96. The van der Waals surface area contributed by atoms with Crippen molar-refractivity contribution in [1.29, 1.82) is 0 Å². The van der Waals surface area contributed by atoms with Crippen molar-refractivity contribution in [2.24, 2.45) is 5.92 Å². The lowest BCUT2D eigenvalue weighted by molar-refractivity contribution is -0.132. The van der Waals surface area contributed by atoms with Crippen LogP contribution in [0.2, 0.25) is 0 Å². The van der Waals surface area contributed by atoms with Gasteiger partial charge in [0.2, 0.25) is 5.91 Å². The second-order valence-corrected chi connectivity index (χ2v) is 7.83. The van der Waals surface area contributed by atoms with Crippen LogP contribution in [-0.4, -0.2) is 50.0 Å². The van der Waals surface area contributed by atoms with Crippen LogP contribution in [0.1, 0.15) is 32.3 Å². The van der Waals surface area contributed by atoms with Crippen LogP contribution in [0.15, 0.2) is 36.8 Å². The van der Waals surface area contributed by atoms with Crippen molar-refractivity contribution in [2.75, 3.05) is 18.4 Å². The molecule has 4 rings (SSSR count). The Morgan fingerprint density at radius 1 is 1.34 bits per heavy atom. The summed E-state index contributed by atoms with van der Waals surface area (Å²) in [6.07, 6.45) is 6.91. The first-order valence-corrected chi connectivity index (χ1v) is 10.2. The van der Waals surface area contributed by atoms with Gasteiger partial charge in [0.15, 0.2) is 0 Å². The number of aliphatic hydroxyl groups excluding tert-OH is 1. The summed E-state index contributed by atoms with van der Waals surface area (Å²) >= 11 is 0. The fourth-order valence-electron chi connectivity index (χ4n) is 4.17. The molecule has 7 heteroatoms. The van der Waals surface area contributed by atoms with E-state index in [1.807, 2.05) is 36.4 Å². The lowest BCUT2D eigenvalue weighted by Gasteiger charge is -2.37. The minimum atomic E-state index is -0.0354. The minimum absolute atomic E-state index is 0.0354. The number of hydrogen-bond acceptors (Lipinski definition) is 5. The number of anilines is 1. The van der Waals surface area contributed by atoms with Crippen LogP contribution in [0, 0.1) is 5.92 Å². The maximum atomic E-state index is 12.3. The molecule has 0 bridgehead atoms. The number of nitrogens with zero attached hydrogens (tertiary/aromatic N) is 3. The summed E-state index contributed by atoms with van der Waals surface area (Å²) in [4.78, 5) is 26.5. The first-order chi connectivity index (χ1) is 14.1. The number of H-pyrrole nitrogens is 1. The number of hydrogen-bond donors (Lipinski definition) is 3. The van der Waals surface area contributed by atoms with Crippen LogP contribution in [0.3, 0.4) is 0 Å². The van der Waals surface area contributed by atoms with E-state index in [0.29, 0.717) is 18.9 Å². The molecule has 152 valence electrons. The molecule has 0 aliphatic carbocycles. The largest absolute Gasteiger partial charge is 0.392 e. The summed E-state index contributed by atoms with van der Waals surface area (Å²) in [6, 6.07) is 5.84. The van der Waals surface area contributed by atoms with Crippen LogP contribution < -0.4 is 5.32 Å². The normalized spacial score (nSPS) is 19.5. The topological polar surface area (TPSA) is 94.1 Å². The number of aliphatic hydroxyl groups is 1. The fraction of sp³-hybridized carbons (Fsp3) is 0.409. The van der Waals surface area contributed by atoms with Crippen molar-refractivity contribution in [2.45, 2.75) is 39.3 Å². The molecule has 0 saturated carbocycles. The second-order valence-electron chi connectivity index (χ2n) is 7.83. The van der Waals surface area contributed by atoms with Crippen molar-refractivity contribution < 1.29 is 9.90 Å². The summed E-state index contributed by atoms with van der Waals surface area (Å²) in [5.74, 6) is 0.627. The van der Waals surface area contributed by atoms with Crippen molar-refractivity contribution >= 4 is 22.6 Å². The highest BCUT2D eigenvalue weighted by molar-refractivity contribution is 5.97. The maximum absolute atomic E-state index is 12.3.